The zero-order chi connectivity index (χ0) is 7.15. The summed E-state index contributed by atoms with van der Waals surface area (Å²) in [5.74, 6) is -0.833. The normalized spacial score (nSPS) is 6.67. The van der Waals surface area contributed by atoms with Crippen molar-refractivity contribution in [2.75, 3.05) is 12.5 Å². The maximum atomic E-state index is 9.56. The minimum absolute atomic E-state index is 0. The van der Waals surface area contributed by atoms with Crippen LogP contribution in [-0.4, -0.2) is 27.8 Å². The van der Waals surface area contributed by atoms with E-state index in [-0.39, 0.29) is 17.1 Å². The van der Waals surface area contributed by atoms with Crippen molar-refractivity contribution in [3.63, 3.8) is 0 Å². The predicted octanol–water partition coefficient (Wildman–Crippen LogP) is 0.0831. The van der Waals surface area contributed by atoms with E-state index in [0.717, 1.165) is 6.92 Å². The molecule has 0 heterocycles. The summed E-state index contributed by atoms with van der Waals surface area (Å²) in [4.78, 5) is 9.00. The van der Waals surface area contributed by atoms with Gasteiger partial charge in [-0.05, 0) is 0 Å². The zero-order valence-corrected chi connectivity index (χ0v) is 7.23. The molecule has 0 radical (unpaired) electrons. The maximum absolute atomic E-state index is 9.56. The second kappa shape index (κ2) is 11.0. The molecule has 0 atom stereocenters. The van der Waals surface area contributed by atoms with E-state index >= 15 is 0 Å². The second-order valence-electron chi connectivity index (χ2n) is 1.26. The molecule has 0 aromatic heterocycles. The van der Waals surface area contributed by atoms with Gasteiger partial charge in [0.15, 0.2) is 0 Å². The quantitative estimate of drug-likeness (QED) is 0.565. The van der Waals surface area contributed by atoms with E-state index in [9.17, 15) is 4.21 Å². The van der Waals surface area contributed by atoms with Crippen molar-refractivity contribution in [3.05, 3.63) is 0 Å². The number of hydrogen-bond acceptors (Lipinski definition) is 2. The molecule has 0 spiro atoms. The average Bonchev–Trinajstić information content (AvgIpc) is 1.25. The molecule has 0 aromatic rings. The average molecular weight is 202 g/mol. The molecule has 0 saturated carbocycles. The minimum Gasteiger partial charge on any atom is -0.481 e. The Bertz CT molecular complexity index is 73.8. The van der Waals surface area contributed by atoms with Gasteiger partial charge in [-0.25, -0.2) is 0 Å². The third-order valence-electron chi connectivity index (χ3n) is 0. The smallest absolute Gasteiger partial charge is 0.481 e. The van der Waals surface area contributed by atoms with Crippen molar-refractivity contribution in [1.29, 1.82) is 0 Å². The van der Waals surface area contributed by atoms with Crippen LogP contribution in [0.15, 0.2) is 0 Å². The molecule has 0 aromatic carbocycles. The summed E-state index contributed by atoms with van der Waals surface area (Å²) in [7, 11) is -0.611. The van der Waals surface area contributed by atoms with E-state index in [1.807, 2.05) is 0 Å². The van der Waals surface area contributed by atoms with Gasteiger partial charge in [0.1, 0.15) is 0 Å². The molecular weight excluding hydrogens is 192 g/mol. The first-order valence-corrected chi connectivity index (χ1v) is 3.88. The monoisotopic (exact) mass is 201 g/mol. The van der Waals surface area contributed by atoms with Crippen molar-refractivity contribution < 1.29 is 31.2 Å². The first kappa shape index (κ1) is 16.1. The molecule has 0 unspecified atom stereocenters. The Balaban J connectivity index is -0.0000000720. The maximum Gasteiger partial charge on any atom is 1.00 e. The Morgan fingerprint density at radius 2 is 1.44 bits per heavy atom. The van der Waals surface area contributed by atoms with Crippen LogP contribution in [0.5, 0.6) is 0 Å². The minimum atomic E-state index is -0.833. The Labute approximate surface area is 67.8 Å². The van der Waals surface area contributed by atoms with Gasteiger partial charge in [-0.2, -0.15) is 0 Å². The van der Waals surface area contributed by atoms with Crippen LogP contribution in [0.2, 0.25) is 0 Å². The summed E-state index contributed by atoms with van der Waals surface area (Å²) in [6.07, 6.45) is 3.28. The summed E-state index contributed by atoms with van der Waals surface area (Å²) < 4.78 is 9.56. The van der Waals surface area contributed by atoms with Crippen molar-refractivity contribution in [3.8, 4) is 0 Å². The van der Waals surface area contributed by atoms with E-state index < -0.39 is 16.8 Å². The number of aliphatic carboxylic acids is 1. The van der Waals surface area contributed by atoms with Crippen LogP contribution >= 0.6 is 0 Å². The van der Waals surface area contributed by atoms with Crippen LogP contribution in [0.3, 0.4) is 0 Å². The third-order valence-corrected chi connectivity index (χ3v) is 0. The standard InChI is InChI=1S/C2H4O2.C2H6OS.Cu/c1-2(3)4;1-4(2)3;/h1H3,(H,3,4);1-2H3;/q;;+1. The summed E-state index contributed by atoms with van der Waals surface area (Å²) in [5, 5.41) is 7.42. The van der Waals surface area contributed by atoms with Crippen molar-refractivity contribution in [1.82, 2.24) is 0 Å². The Kier molecular flexibility index (Phi) is 19.6. The van der Waals surface area contributed by atoms with Gasteiger partial charge < -0.3 is 5.11 Å². The van der Waals surface area contributed by atoms with Gasteiger partial charge in [0.25, 0.3) is 5.97 Å². The van der Waals surface area contributed by atoms with E-state index in [4.69, 9.17) is 9.90 Å². The van der Waals surface area contributed by atoms with Crippen molar-refractivity contribution in [2.45, 2.75) is 6.92 Å². The van der Waals surface area contributed by atoms with E-state index in [0.29, 0.717) is 0 Å². The van der Waals surface area contributed by atoms with Crippen molar-refractivity contribution in [2.24, 2.45) is 0 Å². The van der Waals surface area contributed by atoms with E-state index in [1.54, 1.807) is 12.5 Å². The van der Waals surface area contributed by atoms with Crippen molar-refractivity contribution >= 4 is 16.8 Å². The molecule has 3 nitrogen and oxygen atoms in total. The molecular formula is C4H10CuO3S+. The summed E-state index contributed by atoms with van der Waals surface area (Å²) in [5.41, 5.74) is 0. The van der Waals surface area contributed by atoms with Gasteiger partial charge in [-0.1, -0.05) is 0 Å². The third kappa shape index (κ3) is 15800. The van der Waals surface area contributed by atoms with E-state index in [2.05, 4.69) is 0 Å². The van der Waals surface area contributed by atoms with Crippen LogP contribution in [0, 0.1) is 0 Å². The summed E-state index contributed by atoms with van der Waals surface area (Å²) >= 11 is 0. The number of carboxylic acids is 1. The Morgan fingerprint density at radius 3 is 1.44 bits per heavy atom. The Hall–Kier alpha value is 0.139. The first-order chi connectivity index (χ1) is 3.46. The molecule has 9 heavy (non-hydrogen) atoms. The molecule has 0 bridgehead atoms. The molecule has 0 saturated heterocycles. The van der Waals surface area contributed by atoms with Crippen LogP contribution in [0.25, 0.3) is 0 Å². The SMILES string of the molecule is CC(=O)O.CS(C)=O.[Cu+]. The van der Waals surface area contributed by atoms with Crippen LogP contribution in [0.1, 0.15) is 6.92 Å². The number of carboxylic acid groups (broad SMARTS) is 1. The molecule has 0 fully saturated rings. The van der Waals surface area contributed by atoms with Gasteiger partial charge in [0.05, 0.1) is 0 Å². The first-order valence-electron chi connectivity index (χ1n) is 1.91. The topological polar surface area (TPSA) is 54.4 Å². The van der Waals surface area contributed by atoms with Crippen LogP contribution < -0.4 is 0 Å². The number of rotatable bonds is 0. The molecule has 0 aliphatic heterocycles. The molecule has 0 aliphatic carbocycles. The Morgan fingerprint density at radius 1 is 1.44 bits per heavy atom. The number of carbonyl (C=O) groups is 1. The molecule has 0 aliphatic rings. The zero-order valence-electron chi connectivity index (χ0n) is 5.47. The van der Waals surface area contributed by atoms with Crippen LogP contribution in [-0.2, 0) is 32.7 Å². The second-order valence-corrected chi connectivity index (χ2v) is 2.74. The van der Waals surface area contributed by atoms with Gasteiger partial charge in [0.2, 0.25) is 0 Å². The van der Waals surface area contributed by atoms with Gasteiger partial charge in [-0.15, -0.1) is 0 Å². The van der Waals surface area contributed by atoms with Gasteiger partial charge in [-0.3, -0.25) is 9.00 Å². The molecule has 0 amide bonds. The largest absolute Gasteiger partial charge is 1.00 e. The summed E-state index contributed by atoms with van der Waals surface area (Å²) in [6.45, 7) is 1.08. The van der Waals surface area contributed by atoms with Crippen LogP contribution in [0.4, 0.5) is 0 Å². The van der Waals surface area contributed by atoms with Gasteiger partial charge in [0, 0.05) is 30.2 Å². The van der Waals surface area contributed by atoms with E-state index in [1.165, 1.54) is 0 Å². The predicted molar refractivity (Wildman–Crippen MR) is 33.3 cm³/mol. The molecule has 0 rings (SSSR count). The fraction of sp³-hybridized carbons (Fsp3) is 0.750. The fourth-order valence-corrected chi connectivity index (χ4v) is 0. The fourth-order valence-electron chi connectivity index (χ4n) is 0. The molecule has 60 valence electrons. The van der Waals surface area contributed by atoms with Gasteiger partial charge >= 0.3 is 17.1 Å². The molecule has 1 N–H and O–H groups in total. The number of hydrogen-bond donors (Lipinski definition) is 1. The molecule has 5 heteroatoms. The summed E-state index contributed by atoms with van der Waals surface area (Å²) in [6, 6.07) is 0.